The molecule has 0 aromatic heterocycles. The molecule has 3 rings (SSSR count). The van der Waals surface area contributed by atoms with Gasteiger partial charge >= 0.3 is 0 Å². The maximum atomic E-state index is 12.7. The Balaban J connectivity index is 1.76. The number of thioether (sulfide) groups is 1. The molecular formula is C22H22Cl2N4O2S. The van der Waals surface area contributed by atoms with Crippen molar-refractivity contribution in [3.8, 4) is 0 Å². The minimum atomic E-state index is -0.659. The summed E-state index contributed by atoms with van der Waals surface area (Å²) < 4.78 is 0. The standard InChI is InChI=1S/C22H22Cl2N4O2S/c1-2-3-9-17(14-7-5-4-6-8-14)27-28-22-26-20(29)13-19(31-22)21(30)25-18-12-15(23)10-11-16(18)24/h4-8,10-12,19H,2-3,9,13H2,1H3,(H,25,30)(H,26,28,29)/b27-17-. The molecule has 0 spiro atoms. The van der Waals surface area contributed by atoms with Gasteiger partial charge in [0, 0.05) is 11.4 Å². The zero-order valence-corrected chi connectivity index (χ0v) is 19.2. The molecule has 2 N–H and O–H groups in total. The zero-order chi connectivity index (χ0) is 22.2. The Bertz CT molecular complexity index is 1010. The van der Waals surface area contributed by atoms with E-state index in [1.54, 1.807) is 18.2 Å². The number of benzene rings is 2. The first-order chi connectivity index (χ1) is 15.0. The van der Waals surface area contributed by atoms with Gasteiger partial charge < -0.3 is 10.6 Å². The van der Waals surface area contributed by atoms with Gasteiger partial charge in [-0.25, -0.2) is 0 Å². The monoisotopic (exact) mass is 476 g/mol. The van der Waals surface area contributed by atoms with Crippen LogP contribution in [0.3, 0.4) is 0 Å². The van der Waals surface area contributed by atoms with E-state index >= 15 is 0 Å². The molecule has 1 heterocycles. The van der Waals surface area contributed by atoms with E-state index in [-0.39, 0.29) is 18.2 Å². The highest BCUT2D eigenvalue weighted by Gasteiger charge is 2.30. The number of carbonyl (C=O) groups excluding carboxylic acids is 2. The first-order valence-corrected chi connectivity index (χ1v) is 11.5. The van der Waals surface area contributed by atoms with E-state index in [2.05, 4.69) is 27.8 Å². The fourth-order valence-corrected chi connectivity index (χ4v) is 4.15. The Labute approximate surface area is 195 Å². The summed E-state index contributed by atoms with van der Waals surface area (Å²) in [4.78, 5) is 24.9. The first kappa shape index (κ1) is 23.3. The topological polar surface area (TPSA) is 82.9 Å². The van der Waals surface area contributed by atoms with Gasteiger partial charge in [0.05, 0.1) is 16.4 Å². The second-order valence-corrected chi connectivity index (χ2v) is 8.93. The molecular weight excluding hydrogens is 455 g/mol. The highest BCUT2D eigenvalue weighted by molar-refractivity contribution is 8.15. The lowest BCUT2D eigenvalue weighted by Crippen LogP contribution is -2.41. The van der Waals surface area contributed by atoms with E-state index in [1.807, 2.05) is 30.3 Å². The van der Waals surface area contributed by atoms with Crippen molar-refractivity contribution in [2.75, 3.05) is 5.32 Å². The Hall–Kier alpha value is -2.35. The molecule has 1 aliphatic heterocycles. The highest BCUT2D eigenvalue weighted by Crippen LogP contribution is 2.28. The summed E-state index contributed by atoms with van der Waals surface area (Å²) in [5.41, 5.74) is 2.22. The number of amidine groups is 1. The number of nitrogens with zero attached hydrogens (tertiary/aromatic N) is 2. The van der Waals surface area contributed by atoms with Gasteiger partial charge in [-0.3, -0.25) is 9.59 Å². The molecule has 2 amide bonds. The van der Waals surface area contributed by atoms with E-state index in [0.717, 1.165) is 42.3 Å². The van der Waals surface area contributed by atoms with Gasteiger partial charge in [-0.15, -0.1) is 5.10 Å². The summed E-state index contributed by atoms with van der Waals surface area (Å²) in [5.74, 6) is -0.644. The van der Waals surface area contributed by atoms with Crippen molar-refractivity contribution in [3.63, 3.8) is 0 Å². The second kappa shape index (κ2) is 11.3. The highest BCUT2D eigenvalue weighted by atomic mass is 35.5. The van der Waals surface area contributed by atoms with Gasteiger partial charge in [-0.2, -0.15) is 5.10 Å². The molecule has 0 aliphatic carbocycles. The lowest BCUT2D eigenvalue weighted by Gasteiger charge is -2.22. The molecule has 9 heteroatoms. The number of carbonyl (C=O) groups is 2. The maximum Gasteiger partial charge on any atom is 0.238 e. The smallest absolute Gasteiger partial charge is 0.238 e. The third kappa shape index (κ3) is 6.82. The largest absolute Gasteiger partial charge is 0.324 e. The van der Waals surface area contributed by atoms with Gasteiger partial charge in [0.15, 0.2) is 5.17 Å². The fourth-order valence-electron chi connectivity index (χ4n) is 2.88. The maximum absolute atomic E-state index is 12.7. The first-order valence-electron chi connectivity index (χ1n) is 9.88. The minimum Gasteiger partial charge on any atom is -0.324 e. The molecule has 1 atom stereocenters. The Morgan fingerprint density at radius 2 is 2.00 bits per heavy atom. The molecule has 162 valence electrons. The van der Waals surface area contributed by atoms with E-state index in [1.165, 1.54) is 0 Å². The van der Waals surface area contributed by atoms with Crippen molar-refractivity contribution in [3.05, 3.63) is 64.1 Å². The van der Waals surface area contributed by atoms with E-state index < -0.39 is 5.25 Å². The lowest BCUT2D eigenvalue weighted by molar-refractivity contribution is -0.123. The Morgan fingerprint density at radius 3 is 2.74 bits per heavy atom. The predicted octanol–water partition coefficient (Wildman–Crippen LogP) is 5.50. The average Bonchev–Trinajstić information content (AvgIpc) is 2.76. The molecule has 0 saturated carbocycles. The van der Waals surface area contributed by atoms with Crippen molar-refractivity contribution in [1.29, 1.82) is 0 Å². The van der Waals surface area contributed by atoms with Gasteiger partial charge in [0.25, 0.3) is 0 Å². The van der Waals surface area contributed by atoms with Crippen LogP contribution in [0.4, 0.5) is 5.69 Å². The molecule has 31 heavy (non-hydrogen) atoms. The van der Waals surface area contributed by atoms with Crippen molar-refractivity contribution in [2.45, 2.75) is 37.9 Å². The van der Waals surface area contributed by atoms with Gasteiger partial charge in [0.2, 0.25) is 11.8 Å². The summed E-state index contributed by atoms with van der Waals surface area (Å²) in [6.45, 7) is 2.11. The summed E-state index contributed by atoms with van der Waals surface area (Å²) >= 11 is 13.3. The average molecular weight is 477 g/mol. The molecule has 6 nitrogen and oxygen atoms in total. The summed E-state index contributed by atoms with van der Waals surface area (Å²) in [6, 6.07) is 14.6. The predicted molar refractivity (Wildman–Crippen MR) is 129 cm³/mol. The number of rotatable bonds is 7. The lowest BCUT2D eigenvalue weighted by atomic mass is 10.1. The van der Waals surface area contributed by atoms with E-state index in [0.29, 0.717) is 20.9 Å². The summed E-state index contributed by atoms with van der Waals surface area (Å²) in [6.07, 6.45) is 2.80. The van der Waals surface area contributed by atoms with Crippen molar-refractivity contribution in [2.24, 2.45) is 10.2 Å². The fraction of sp³-hybridized carbons (Fsp3) is 0.273. The Morgan fingerprint density at radius 1 is 1.23 bits per heavy atom. The van der Waals surface area contributed by atoms with Crippen LogP contribution in [0.25, 0.3) is 0 Å². The third-order valence-corrected chi connectivity index (χ3v) is 6.12. The van der Waals surface area contributed by atoms with Crippen molar-refractivity contribution in [1.82, 2.24) is 5.32 Å². The zero-order valence-electron chi connectivity index (χ0n) is 16.9. The van der Waals surface area contributed by atoms with Crippen LogP contribution >= 0.6 is 35.0 Å². The number of hydrogen-bond donors (Lipinski definition) is 2. The minimum absolute atomic E-state index is 0.0266. The molecule has 2 aromatic rings. The molecule has 2 aromatic carbocycles. The molecule has 0 radical (unpaired) electrons. The quantitative estimate of drug-likeness (QED) is 0.408. The van der Waals surface area contributed by atoms with Crippen LogP contribution in [-0.4, -0.2) is 27.9 Å². The van der Waals surface area contributed by atoms with Crippen LogP contribution in [0, 0.1) is 0 Å². The second-order valence-electron chi connectivity index (χ2n) is 6.89. The number of anilines is 1. The number of hydrogen-bond acceptors (Lipinski definition) is 5. The van der Waals surface area contributed by atoms with Crippen LogP contribution < -0.4 is 10.6 Å². The van der Waals surface area contributed by atoms with Crippen LogP contribution in [0.15, 0.2) is 58.7 Å². The van der Waals surface area contributed by atoms with Gasteiger partial charge in [-0.05, 0) is 36.6 Å². The van der Waals surface area contributed by atoms with Crippen molar-refractivity contribution >= 4 is 63.3 Å². The third-order valence-electron chi connectivity index (χ3n) is 4.49. The molecule has 1 unspecified atom stereocenters. The molecule has 1 aliphatic rings. The summed E-state index contributed by atoms with van der Waals surface area (Å²) in [5, 5.41) is 14.5. The van der Waals surface area contributed by atoms with Crippen LogP contribution in [0.1, 0.15) is 38.2 Å². The van der Waals surface area contributed by atoms with Gasteiger partial charge in [-0.1, -0.05) is 78.6 Å². The van der Waals surface area contributed by atoms with E-state index in [9.17, 15) is 9.59 Å². The van der Waals surface area contributed by atoms with Crippen LogP contribution in [0.5, 0.6) is 0 Å². The molecule has 1 saturated heterocycles. The molecule has 1 fully saturated rings. The SMILES string of the molecule is CCCC/C(=N/N=C1\NC(=O)CC(C(=O)Nc2cc(Cl)ccc2Cl)S1)c1ccccc1. The number of halogens is 2. The van der Waals surface area contributed by atoms with Crippen molar-refractivity contribution < 1.29 is 9.59 Å². The van der Waals surface area contributed by atoms with E-state index in [4.69, 9.17) is 23.2 Å². The number of amides is 2. The summed E-state index contributed by atoms with van der Waals surface area (Å²) in [7, 11) is 0. The normalized spacial score (nSPS) is 18.0. The van der Waals surface area contributed by atoms with Crippen LogP contribution in [-0.2, 0) is 9.59 Å². The molecule has 0 bridgehead atoms. The van der Waals surface area contributed by atoms with Gasteiger partial charge in [0.1, 0.15) is 5.25 Å². The Kier molecular flexibility index (Phi) is 8.51. The number of unbranched alkanes of at least 4 members (excludes halogenated alkanes) is 1. The van der Waals surface area contributed by atoms with Crippen LogP contribution in [0.2, 0.25) is 10.0 Å². The number of nitrogens with one attached hydrogen (secondary N) is 2.